The second-order valence-corrected chi connectivity index (χ2v) is 6.46. The number of pyridine rings is 1. The van der Waals surface area contributed by atoms with Gasteiger partial charge >= 0.3 is 0 Å². The van der Waals surface area contributed by atoms with Gasteiger partial charge in [-0.3, -0.25) is 14.7 Å². The van der Waals surface area contributed by atoms with Gasteiger partial charge in [0.1, 0.15) is 5.75 Å². The molecule has 0 atom stereocenters. The van der Waals surface area contributed by atoms with E-state index >= 15 is 0 Å². The van der Waals surface area contributed by atoms with Gasteiger partial charge in [0.15, 0.2) is 0 Å². The highest BCUT2D eigenvalue weighted by Crippen LogP contribution is 2.29. The zero-order chi connectivity index (χ0) is 17.5. The molecule has 0 unspecified atom stereocenters. The molecule has 1 aromatic carbocycles. The first-order valence-electron chi connectivity index (χ1n) is 8.76. The van der Waals surface area contributed by atoms with Crippen LogP contribution in [0.25, 0.3) is 0 Å². The van der Waals surface area contributed by atoms with E-state index in [0.29, 0.717) is 19.0 Å². The number of nitrogens with zero attached hydrogens (tertiary/aromatic N) is 2. The number of carbonyl (C=O) groups is 1. The summed E-state index contributed by atoms with van der Waals surface area (Å²) in [5, 5.41) is 2.97. The van der Waals surface area contributed by atoms with Crippen LogP contribution in [0.1, 0.15) is 29.9 Å². The molecule has 3 rings (SSSR count). The molecule has 1 aromatic heterocycles. The quantitative estimate of drug-likeness (QED) is 0.879. The molecule has 132 valence electrons. The van der Waals surface area contributed by atoms with Crippen LogP contribution in [0, 0.1) is 0 Å². The Morgan fingerprint density at radius 3 is 2.64 bits per heavy atom. The number of piperidine rings is 1. The standard InChI is InChI=1S/C20H25N3O2/c1-25-19-6-4-17(5-7-19)18-8-11-23(12-9-18)15-20(24)22-14-16-3-2-10-21-13-16/h2-7,10,13,18H,8-9,11-12,14-15H2,1H3,(H,22,24). The summed E-state index contributed by atoms with van der Waals surface area (Å²) in [7, 11) is 1.69. The fraction of sp³-hybridized carbons (Fsp3) is 0.400. The minimum atomic E-state index is 0.0757. The van der Waals surface area contributed by atoms with Crippen molar-refractivity contribution in [2.45, 2.75) is 25.3 Å². The molecule has 2 heterocycles. The first-order chi connectivity index (χ1) is 12.2. The lowest BCUT2D eigenvalue weighted by Crippen LogP contribution is -2.41. The third-order valence-corrected chi connectivity index (χ3v) is 4.75. The number of aromatic nitrogens is 1. The number of rotatable bonds is 6. The van der Waals surface area contributed by atoms with Gasteiger partial charge in [0, 0.05) is 18.9 Å². The third kappa shape index (κ3) is 5.03. The van der Waals surface area contributed by atoms with E-state index < -0.39 is 0 Å². The number of carbonyl (C=O) groups excluding carboxylic acids is 1. The average Bonchev–Trinajstić information content (AvgIpc) is 2.68. The predicted molar refractivity (Wildman–Crippen MR) is 97.5 cm³/mol. The fourth-order valence-corrected chi connectivity index (χ4v) is 3.26. The molecular weight excluding hydrogens is 314 g/mol. The van der Waals surface area contributed by atoms with Crippen molar-refractivity contribution in [3.05, 3.63) is 59.9 Å². The smallest absolute Gasteiger partial charge is 0.234 e. The largest absolute Gasteiger partial charge is 0.497 e. The minimum absolute atomic E-state index is 0.0757. The van der Waals surface area contributed by atoms with Gasteiger partial charge in [0.2, 0.25) is 5.91 Å². The Balaban J connectivity index is 1.41. The minimum Gasteiger partial charge on any atom is -0.497 e. The Kier molecular flexibility index (Phi) is 6.01. The molecule has 1 aliphatic rings. The lowest BCUT2D eigenvalue weighted by atomic mass is 9.89. The van der Waals surface area contributed by atoms with Gasteiger partial charge in [-0.15, -0.1) is 0 Å². The molecule has 25 heavy (non-hydrogen) atoms. The number of methoxy groups -OCH3 is 1. The van der Waals surface area contributed by atoms with E-state index in [1.165, 1.54) is 5.56 Å². The Morgan fingerprint density at radius 2 is 2.00 bits per heavy atom. The Hall–Kier alpha value is -2.40. The van der Waals surface area contributed by atoms with E-state index in [4.69, 9.17) is 4.74 Å². The monoisotopic (exact) mass is 339 g/mol. The van der Waals surface area contributed by atoms with Crippen molar-refractivity contribution in [1.29, 1.82) is 0 Å². The van der Waals surface area contributed by atoms with Gasteiger partial charge in [-0.1, -0.05) is 18.2 Å². The number of hydrogen-bond donors (Lipinski definition) is 1. The van der Waals surface area contributed by atoms with E-state index in [2.05, 4.69) is 27.3 Å². The van der Waals surface area contributed by atoms with Gasteiger partial charge < -0.3 is 10.1 Å². The lowest BCUT2D eigenvalue weighted by Gasteiger charge is -2.31. The highest BCUT2D eigenvalue weighted by Gasteiger charge is 2.21. The van der Waals surface area contributed by atoms with Crippen molar-refractivity contribution in [2.75, 3.05) is 26.7 Å². The number of amides is 1. The molecule has 1 amide bonds. The summed E-state index contributed by atoms with van der Waals surface area (Å²) in [4.78, 5) is 18.4. The molecule has 5 nitrogen and oxygen atoms in total. The summed E-state index contributed by atoms with van der Waals surface area (Å²) < 4.78 is 5.22. The normalized spacial score (nSPS) is 15.7. The van der Waals surface area contributed by atoms with Crippen LogP contribution in [0.3, 0.4) is 0 Å². The topological polar surface area (TPSA) is 54.5 Å². The SMILES string of the molecule is COc1ccc(C2CCN(CC(=O)NCc3cccnc3)CC2)cc1. The summed E-state index contributed by atoms with van der Waals surface area (Å²) >= 11 is 0. The second kappa shape index (κ2) is 8.62. The Bertz CT molecular complexity index is 665. The van der Waals surface area contributed by atoms with Crippen LogP contribution in [0.15, 0.2) is 48.8 Å². The van der Waals surface area contributed by atoms with E-state index in [1.807, 2.05) is 24.3 Å². The molecule has 0 radical (unpaired) electrons. The molecule has 1 saturated heterocycles. The summed E-state index contributed by atoms with van der Waals surface area (Å²) in [5.74, 6) is 1.54. The van der Waals surface area contributed by atoms with E-state index in [-0.39, 0.29) is 5.91 Å². The van der Waals surface area contributed by atoms with Crippen molar-refractivity contribution in [2.24, 2.45) is 0 Å². The van der Waals surface area contributed by atoms with Crippen molar-refractivity contribution >= 4 is 5.91 Å². The Labute approximate surface area is 149 Å². The molecule has 0 aliphatic carbocycles. The molecule has 2 aromatic rings. The average molecular weight is 339 g/mol. The van der Waals surface area contributed by atoms with Crippen LogP contribution in [0.2, 0.25) is 0 Å². The van der Waals surface area contributed by atoms with Crippen molar-refractivity contribution < 1.29 is 9.53 Å². The second-order valence-electron chi connectivity index (χ2n) is 6.46. The van der Waals surface area contributed by atoms with Crippen molar-refractivity contribution in [3.8, 4) is 5.75 Å². The molecular formula is C20H25N3O2. The van der Waals surface area contributed by atoms with Crippen LogP contribution < -0.4 is 10.1 Å². The molecule has 1 N–H and O–H groups in total. The van der Waals surface area contributed by atoms with Crippen molar-refractivity contribution in [1.82, 2.24) is 15.2 Å². The van der Waals surface area contributed by atoms with Crippen LogP contribution in [-0.2, 0) is 11.3 Å². The number of hydrogen-bond acceptors (Lipinski definition) is 4. The highest BCUT2D eigenvalue weighted by atomic mass is 16.5. The fourth-order valence-electron chi connectivity index (χ4n) is 3.26. The zero-order valence-corrected chi connectivity index (χ0v) is 14.6. The summed E-state index contributed by atoms with van der Waals surface area (Å²) in [6.45, 7) is 2.92. The maximum absolute atomic E-state index is 12.1. The highest BCUT2D eigenvalue weighted by molar-refractivity contribution is 5.78. The molecule has 1 aliphatic heterocycles. The molecule has 5 heteroatoms. The molecule has 1 fully saturated rings. The van der Waals surface area contributed by atoms with Crippen LogP contribution in [0.4, 0.5) is 0 Å². The number of benzene rings is 1. The maximum atomic E-state index is 12.1. The van der Waals surface area contributed by atoms with Crippen molar-refractivity contribution in [3.63, 3.8) is 0 Å². The number of likely N-dealkylation sites (tertiary alicyclic amines) is 1. The Morgan fingerprint density at radius 1 is 1.24 bits per heavy atom. The van der Waals surface area contributed by atoms with Crippen LogP contribution in [0.5, 0.6) is 5.75 Å². The molecule has 0 spiro atoms. The lowest BCUT2D eigenvalue weighted by molar-refractivity contribution is -0.122. The van der Waals surface area contributed by atoms with Crippen LogP contribution in [-0.4, -0.2) is 42.5 Å². The van der Waals surface area contributed by atoms with Gasteiger partial charge in [-0.2, -0.15) is 0 Å². The molecule has 0 saturated carbocycles. The third-order valence-electron chi connectivity index (χ3n) is 4.75. The number of nitrogens with one attached hydrogen (secondary N) is 1. The van der Waals surface area contributed by atoms with Crippen LogP contribution >= 0.6 is 0 Å². The first-order valence-corrected chi connectivity index (χ1v) is 8.76. The maximum Gasteiger partial charge on any atom is 0.234 e. The predicted octanol–water partition coefficient (Wildman–Crippen LogP) is 2.59. The van der Waals surface area contributed by atoms with Gasteiger partial charge in [-0.25, -0.2) is 0 Å². The summed E-state index contributed by atoms with van der Waals surface area (Å²) in [6, 6.07) is 12.2. The summed E-state index contributed by atoms with van der Waals surface area (Å²) in [6.07, 6.45) is 5.68. The zero-order valence-electron chi connectivity index (χ0n) is 14.6. The van der Waals surface area contributed by atoms with Gasteiger partial charge in [0.25, 0.3) is 0 Å². The van der Waals surface area contributed by atoms with Gasteiger partial charge in [0.05, 0.1) is 13.7 Å². The van der Waals surface area contributed by atoms with E-state index in [9.17, 15) is 4.79 Å². The number of ether oxygens (including phenoxy) is 1. The van der Waals surface area contributed by atoms with E-state index in [0.717, 1.165) is 37.2 Å². The summed E-state index contributed by atoms with van der Waals surface area (Å²) in [5.41, 5.74) is 2.38. The van der Waals surface area contributed by atoms with E-state index in [1.54, 1.807) is 19.5 Å². The first kappa shape index (κ1) is 17.4. The van der Waals surface area contributed by atoms with Gasteiger partial charge in [-0.05, 0) is 61.2 Å². The molecule has 0 bridgehead atoms.